The summed E-state index contributed by atoms with van der Waals surface area (Å²) in [5, 5.41) is 0. The minimum atomic E-state index is -1.41. The number of esters is 5. The lowest BCUT2D eigenvalue weighted by Crippen LogP contribution is -2.62. The number of carbonyl (C=O) groups is 6. The molecule has 0 aromatic heterocycles. The Morgan fingerprint density at radius 1 is 0.841 bits per heavy atom. The van der Waals surface area contributed by atoms with Gasteiger partial charge < -0.3 is 33.2 Å². The Kier molecular flexibility index (Phi) is 11.3. The van der Waals surface area contributed by atoms with E-state index in [1.807, 2.05) is 0 Å². The molecule has 13 heteroatoms. The Balaban J connectivity index is 1.94. The standard InChI is InChI=1S/C31H42O13/c1-15(22-12-31(8)16(2)9-10-25(40-18(4)33)23(31)11-24(22)37)13-39-30-29(43-21(7)36)28(42-20(6)35)27(41-19(5)34)26(44-30)14-38-17(3)32/h11,13,16,22,25-30H,9-10,12,14H2,1-8H3/b15-13+/t16-,22-,25+,26+,27+,28-,29+,30+,31+/m0/s1. The summed E-state index contributed by atoms with van der Waals surface area (Å²) in [6.07, 6.45) is -2.33. The van der Waals surface area contributed by atoms with Crippen LogP contribution in [0.4, 0.5) is 0 Å². The highest BCUT2D eigenvalue weighted by Gasteiger charge is 2.53. The third-order valence-corrected chi connectivity index (χ3v) is 8.42. The van der Waals surface area contributed by atoms with Crippen molar-refractivity contribution in [2.24, 2.45) is 17.3 Å². The topological polar surface area (TPSA) is 167 Å². The van der Waals surface area contributed by atoms with E-state index in [1.165, 1.54) is 20.1 Å². The van der Waals surface area contributed by atoms with Crippen LogP contribution in [0.5, 0.6) is 0 Å². The number of fused-ring (bicyclic) bond motifs is 1. The largest absolute Gasteiger partial charge is 0.468 e. The molecule has 2 aliphatic carbocycles. The summed E-state index contributed by atoms with van der Waals surface area (Å²) in [7, 11) is 0. The first-order valence-electron chi connectivity index (χ1n) is 14.6. The fourth-order valence-corrected chi connectivity index (χ4v) is 6.15. The number of rotatable bonds is 9. The van der Waals surface area contributed by atoms with Crippen molar-refractivity contribution in [2.45, 2.75) is 111 Å². The molecule has 3 aliphatic rings. The third kappa shape index (κ3) is 8.25. The Hall–Kier alpha value is -3.74. The molecule has 0 radical (unpaired) electrons. The van der Waals surface area contributed by atoms with E-state index in [0.29, 0.717) is 18.4 Å². The molecule has 0 aromatic carbocycles. The van der Waals surface area contributed by atoms with E-state index in [0.717, 1.165) is 32.8 Å². The molecule has 244 valence electrons. The van der Waals surface area contributed by atoms with Crippen LogP contribution in [0.2, 0.25) is 0 Å². The van der Waals surface area contributed by atoms with Crippen LogP contribution < -0.4 is 0 Å². The van der Waals surface area contributed by atoms with Crippen molar-refractivity contribution in [3.63, 3.8) is 0 Å². The van der Waals surface area contributed by atoms with E-state index in [2.05, 4.69) is 13.8 Å². The van der Waals surface area contributed by atoms with Crippen LogP contribution in [0.15, 0.2) is 23.5 Å². The molecule has 3 rings (SSSR count). The summed E-state index contributed by atoms with van der Waals surface area (Å²) >= 11 is 0. The van der Waals surface area contributed by atoms with Gasteiger partial charge in [-0.25, -0.2) is 0 Å². The molecular formula is C31H42O13. The van der Waals surface area contributed by atoms with E-state index in [-0.39, 0.29) is 11.7 Å². The second-order valence-corrected chi connectivity index (χ2v) is 11.8. The SMILES string of the molecule is CC(=O)OC[C@H]1O[C@@H](O/C=C(\C)[C@@H]2C[C@@]3(C)C(=CC2=O)[C@H](OC(C)=O)CC[C@@H]3C)[C@H](OC(C)=O)[C@@H](OC(C)=O)[C@@H]1OC(C)=O. The summed E-state index contributed by atoms with van der Waals surface area (Å²) in [5.74, 6) is -3.85. The molecule has 9 atom stereocenters. The average Bonchev–Trinajstić information content (AvgIpc) is 2.90. The molecule has 44 heavy (non-hydrogen) atoms. The zero-order chi connectivity index (χ0) is 32.9. The summed E-state index contributed by atoms with van der Waals surface area (Å²) in [5.41, 5.74) is 0.933. The van der Waals surface area contributed by atoms with Crippen molar-refractivity contribution in [1.29, 1.82) is 0 Å². The maximum absolute atomic E-state index is 13.4. The van der Waals surface area contributed by atoms with Gasteiger partial charge >= 0.3 is 29.8 Å². The fourth-order valence-electron chi connectivity index (χ4n) is 6.15. The lowest BCUT2D eigenvalue weighted by atomic mass is 9.57. The smallest absolute Gasteiger partial charge is 0.303 e. The number of hydrogen-bond acceptors (Lipinski definition) is 13. The van der Waals surface area contributed by atoms with Gasteiger partial charge in [0, 0.05) is 40.5 Å². The summed E-state index contributed by atoms with van der Waals surface area (Å²) < 4.78 is 38.8. The lowest BCUT2D eigenvalue weighted by Gasteiger charge is -2.49. The van der Waals surface area contributed by atoms with E-state index < -0.39 is 84.6 Å². The van der Waals surface area contributed by atoms with Crippen LogP contribution in [0.25, 0.3) is 0 Å². The van der Waals surface area contributed by atoms with Crippen molar-refractivity contribution in [3.05, 3.63) is 23.5 Å². The Morgan fingerprint density at radius 3 is 1.98 bits per heavy atom. The molecule has 1 saturated carbocycles. The van der Waals surface area contributed by atoms with Crippen LogP contribution in [0.1, 0.15) is 74.7 Å². The van der Waals surface area contributed by atoms with Crippen molar-refractivity contribution in [1.82, 2.24) is 0 Å². The highest BCUT2D eigenvalue weighted by atomic mass is 16.7. The molecule has 0 unspecified atom stereocenters. The van der Waals surface area contributed by atoms with Gasteiger partial charge in [-0.2, -0.15) is 0 Å². The normalized spacial score (nSPS) is 33.6. The minimum absolute atomic E-state index is 0.178. The van der Waals surface area contributed by atoms with Crippen LogP contribution in [0.3, 0.4) is 0 Å². The predicted octanol–water partition coefficient (Wildman–Crippen LogP) is 2.87. The fraction of sp³-hybridized carbons (Fsp3) is 0.677. The van der Waals surface area contributed by atoms with Gasteiger partial charge in [0.05, 0.1) is 6.26 Å². The molecular weight excluding hydrogens is 580 g/mol. The van der Waals surface area contributed by atoms with E-state index in [9.17, 15) is 28.8 Å². The van der Waals surface area contributed by atoms with Gasteiger partial charge in [0.2, 0.25) is 12.4 Å². The number of ketones is 1. The molecule has 2 fully saturated rings. The van der Waals surface area contributed by atoms with E-state index in [1.54, 1.807) is 13.0 Å². The number of hydrogen-bond donors (Lipinski definition) is 0. The number of carbonyl (C=O) groups excluding carboxylic acids is 6. The van der Waals surface area contributed by atoms with Gasteiger partial charge in [-0.3, -0.25) is 28.8 Å². The molecule has 0 N–H and O–H groups in total. The van der Waals surface area contributed by atoms with Crippen LogP contribution in [-0.2, 0) is 61.9 Å². The molecule has 1 aliphatic heterocycles. The van der Waals surface area contributed by atoms with Crippen molar-refractivity contribution >= 4 is 35.6 Å². The van der Waals surface area contributed by atoms with Crippen LogP contribution in [-0.4, -0.2) is 79.0 Å². The zero-order valence-corrected chi connectivity index (χ0v) is 26.4. The van der Waals surface area contributed by atoms with Gasteiger partial charge in [0.1, 0.15) is 18.8 Å². The first-order chi connectivity index (χ1) is 20.5. The Morgan fingerprint density at radius 2 is 1.41 bits per heavy atom. The van der Waals surface area contributed by atoms with E-state index >= 15 is 0 Å². The van der Waals surface area contributed by atoms with Crippen molar-refractivity contribution in [3.8, 4) is 0 Å². The van der Waals surface area contributed by atoms with Crippen molar-refractivity contribution in [2.75, 3.05) is 6.61 Å². The first kappa shape index (κ1) is 34.7. The average molecular weight is 623 g/mol. The highest BCUT2D eigenvalue weighted by molar-refractivity contribution is 5.96. The number of ether oxygens (including phenoxy) is 7. The van der Waals surface area contributed by atoms with E-state index in [4.69, 9.17) is 33.2 Å². The van der Waals surface area contributed by atoms with Crippen molar-refractivity contribution < 1.29 is 61.9 Å². The third-order valence-electron chi connectivity index (χ3n) is 8.42. The molecule has 0 spiro atoms. The van der Waals surface area contributed by atoms with Gasteiger partial charge in [0.15, 0.2) is 18.0 Å². The molecule has 0 aromatic rings. The maximum atomic E-state index is 13.4. The maximum Gasteiger partial charge on any atom is 0.303 e. The summed E-state index contributed by atoms with van der Waals surface area (Å²) in [6, 6.07) is 0. The van der Waals surface area contributed by atoms with Crippen LogP contribution >= 0.6 is 0 Å². The van der Waals surface area contributed by atoms with Crippen LogP contribution in [0, 0.1) is 17.3 Å². The van der Waals surface area contributed by atoms with Gasteiger partial charge in [-0.1, -0.05) is 13.8 Å². The minimum Gasteiger partial charge on any atom is -0.468 e. The highest BCUT2D eigenvalue weighted by Crippen LogP contribution is 2.53. The number of allylic oxidation sites excluding steroid dienone is 2. The van der Waals surface area contributed by atoms with Gasteiger partial charge in [-0.05, 0) is 54.7 Å². The predicted molar refractivity (Wildman–Crippen MR) is 150 cm³/mol. The Bertz CT molecular complexity index is 1220. The second kappa shape index (κ2) is 14.4. The summed E-state index contributed by atoms with van der Waals surface area (Å²) in [6.45, 7) is 11.4. The molecule has 1 heterocycles. The molecule has 0 bridgehead atoms. The molecule has 13 nitrogen and oxygen atoms in total. The first-order valence-corrected chi connectivity index (χ1v) is 14.6. The lowest BCUT2D eigenvalue weighted by molar-refractivity contribution is -0.297. The second-order valence-electron chi connectivity index (χ2n) is 11.8. The molecule has 0 amide bonds. The quantitative estimate of drug-likeness (QED) is 0.209. The zero-order valence-electron chi connectivity index (χ0n) is 26.4. The van der Waals surface area contributed by atoms with Gasteiger partial charge in [-0.15, -0.1) is 0 Å². The van der Waals surface area contributed by atoms with Gasteiger partial charge in [0.25, 0.3) is 0 Å². The summed E-state index contributed by atoms with van der Waals surface area (Å²) in [4.78, 5) is 72.8. The monoisotopic (exact) mass is 622 g/mol. The Labute approximate surface area is 256 Å². The molecule has 1 saturated heterocycles.